The Bertz CT molecular complexity index is 1410. The molecular formula is C33H33NO9. The van der Waals surface area contributed by atoms with Gasteiger partial charge in [0.1, 0.15) is 24.0 Å². The molecule has 0 saturated heterocycles. The summed E-state index contributed by atoms with van der Waals surface area (Å²) in [6, 6.07) is 18.9. The first-order valence-corrected chi connectivity index (χ1v) is 13.7. The number of amides is 1. The molecule has 0 saturated carbocycles. The summed E-state index contributed by atoms with van der Waals surface area (Å²) in [5.74, 6) is -0.752. The first-order chi connectivity index (χ1) is 20.9. The van der Waals surface area contributed by atoms with Crippen molar-refractivity contribution in [3.8, 4) is 17.2 Å². The van der Waals surface area contributed by atoms with E-state index in [0.29, 0.717) is 42.2 Å². The van der Waals surface area contributed by atoms with E-state index in [2.05, 4.69) is 6.58 Å². The monoisotopic (exact) mass is 587 g/mol. The molecule has 1 aliphatic rings. The Kier molecular flexibility index (Phi) is 12.7. The summed E-state index contributed by atoms with van der Waals surface area (Å²) < 4.78 is 26.6. The minimum atomic E-state index is -0.584. The number of benzene rings is 3. The molecule has 0 fully saturated rings. The highest BCUT2D eigenvalue weighted by molar-refractivity contribution is 6.02. The third kappa shape index (κ3) is 9.98. The molecule has 0 spiro atoms. The molecule has 1 aliphatic heterocycles. The maximum atomic E-state index is 12.6. The zero-order chi connectivity index (χ0) is 31.0. The van der Waals surface area contributed by atoms with E-state index in [1.807, 2.05) is 13.8 Å². The van der Waals surface area contributed by atoms with Crippen molar-refractivity contribution in [2.75, 3.05) is 31.5 Å². The van der Waals surface area contributed by atoms with Gasteiger partial charge in [-0.3, -0.25) is 9.69 Å². The molecule has 0 radical (unpaired) electrons. The van der Waals surface area contributed by atoms with Crippen LogP contribution in [0.1, 0.15) is 41.0 Å². The fourth-order valence-electron chi connectivity index (χ4n) is 3.57. The maximum absolute atomic E-state index is 12.6. The number of ether oxygens (including phenoxy) is 5. The Balaban J connectivity index is 0.00000248. The summed E-state index contributed by atoms with van der Waals surface area (Å²) in [6.45, 7) is 8.35. The average molecular weight is 588 g/mol. The van der Waals surface area contributed by atoms with Crippen LogP contribution in [-0.4, -0.2) is 50.4 Å². The van der Waals surface area contributed by atoms with Crippen molar-refractivity contribution in [2.45, 2.75) is 20.3 Å². The lowest BCUT2D eigenvalue weighted by Gasteiger charge is -2.19. The van der Waals surface area contributed by atoms with Gasteiger partial charge in [-0.05, 0) is 72.8 Å². The molecule has 1 amide bonds. The minimum Gasteiger partial charge on any atom is -0.493 e. The Morgan fingerprint density at radius 3 is 1.91 bits per heavy atom. The predicted molar refractivity (Wildman–Crippen MR) is 159 cm³/mol. The van der Waals surface area contributed by atoms with E-state index < -0.39 is 17.9 Å². The summed E-state index contributed by atoms with van der Waals surface area (Å²) in [6.07, 6.45) is 4.70. The van der Waals surface area contributed by atoms with Crippen LogP contribution in [0.3, 0.4) is 0 Å². The van der Waals surface area contributed by atoms with Gasteiger partial charge in [0, 0.05) is 24.3 Å². The van der Waals surface area contributed by atoms with Gasteiger partial charge in [0.2, 0.25) is 0 Å². The first kappa shape index (κ1) is 32.3. The molecule has 0 aliphatic carbocycles. The number of rotatable bonds is 11. The molecule has 3 aromatic carbocycles. The minimum absolute atomic E-state index is 0.115. The highest BCUT2D eigenvalue weighted by Gasteiger charge is 2.17. The highest BCUT2D eigenvalue weighted by Crippen LogP contribution is 2.22. The van der Waals surface area contributed by atoms with Crippen molar-refractivity contribution in [1.29, 1.82) is 0 Å². The second-order valence-electron chi connectivity index (χ2n) is 8.56. The summed E-state index contributed by atoms with van der Waals surface area (Å²) in [5.41, 5.74) is 1.21. The number of hydrogen-bond acceptors (Lipinski definition) is 9. The van der Waals surface area contributed by atoms with E-state index in [0.717, 1.165) is 6.08 Å². The molecule has 4 rings (SSSR count). The van der Waals surface area contributed by atoms with E-state index in [4.69, 9.17) is 23.7 Å². The van der Waals surface area contributed by atoms with Gasteiger partial charge in [-0.15, -0.1) is 0 Å². The maximum Gasteiger partial charge on any atom is 0.343 e. The van der Waals surface area contributed by atoms with Gasteiger partial charge in [0.05, 0.1) is 30.9 Å². The molecule has 10 heteroatoms. The van der Waals surface area contributed by atoms with Gasteiger partial charge in [-0.1, -0.05) is 26.5 Å². The molecule has 0 N–H and O–H groups in total. The van der Waals surface area contributed by atoms with Gasteiger partial charge in [0.15, 0.2) is 0 Å². The molecule has 224 valence electrons. The number of nitrogens with zero attached hydrogens (tertiary/aromatic N) is 1. The smallest absolute Gasteiger partial charge is 0.343 e. The Morgan fingerprint density at radius 2 is 1.35 bits per heavy atom. The number of carbonyl (C=O) groups is 4. The number of hydrogen-bond donors (Lipinski definition) is 0. The van der Waals surface area contributed by atoms with Crippen LogP contribution >= 0.6 is 0 Å². The van der Waals surface area contributed by atoms with E-state index in [1.54, 1.807) is 54.6 Å². The first-order valence-electron chi connectivity index (χ1n) is 13.7. The summed E-state index contributed by atoms with van der Waals surface area (Å²) >= 11 is 0. The fraction of sp³-hybridized carbons (Fsp3) is 0.212. The lowest BCUT2D eigenvalue weighted by molar-refractivity contribution is -0.138. The molecule has 0 aromatic heterocycles. The highest BCUT2D eigenvalue weighted by atomic mass is 16.5. The SMILES string of the molecule is C=CC(=O)OCCCOc1ccc(C(=O)Oc2ccc(OC(=O)c3ccc(N4COCC=CC4=O)cc3)cc2)cc1.CC. The normalized spacial score (nSPS) is 12.2. The van der Waals surface area contributed by atoms with Crippen molar-refractivity contribution in [2.24, 2.45) is 0 Å². The van der Waals surface area contributed by atoms with Crippen molar-refractivity contribution >= 4 is 29.5 Å². The Morgan fingerprint density at radius 1 is 0.814 bits per heavy atom. The third-order valence-corrected chi connectivity index (χ3v) is 5.68. The van der Waals surface area contributed by atoms with Crippen molar-refractivity contribution < 1.29 is 42.9 Å². The van der Waals surface area contributed by atoms with Crippen LogP contribution in [0.4, 0.5) is 5.69 Å². The predicted octanol–water partition coefficient (Wildman–Crippen LogP) is 5.53. The van der Waals surface area contributed by atoms with Crippen LogP contribution in [0.15, 0.2) is 97.6 Å². The standard InChI is InChI=1S/C31H27NO9.C2H6/c1-2-29(34)39-20-4-19-38-25-12-8-23(9-13-25)31(36)41-27-16-14-26(15-17-27)40-30(35)22-6-10-24(11-7-22)32-21-37-18-3-5-28(32)33;1-2/h2-3,5-17H,1,4,18-21H2;1-2H3. The van der Waals surface area contributed by atoms with E-state index in [9.17, 15) is 19.2 Å². The molecule has 0 unspecified atom stereocenters. The van der Waals surface area contributed by atoms with Crippen molar-refractivity contribution in [3.05, 3.63) is 109 Å². The number of carbonyl (C=O) groups excluding carboxylic acids is 4. The van der Waals surface area contributed by atoms with Gasteiger partial charge in [-0.25, -0.2) is 14.4 Å². The number of esters is 3. The van der Waals surface area contributed by atoms with Crippen molar-refractivity contribution in [3.63, 3.8) is 0 Å². The average Bonchev–Trinajstić information content (AvgIpc) is 3.27. The van der Waals surface area contributed by atoms with Gasteiger partial charge in [0.25, 0.3) is 5.91 Å². The second kappa shape index (κ2) is 16.9. The van der Waals surface area contributed by atoms with E-state index >= 15 is 0 Å². The molecule has 1 heterocycles. The Hall–Kier alpha value is -5.22. The Labute approximate surface area is 250 Å². The van der Waals surface area contributed by atoms with Crippen LogP contribution in [0.25, 0.3) is 0 Å². The second-order valence-corrected chi connectivity index (χ2v) is 8.56. The molecule has 0 bridgehead atoms. The number of anilines is 1. The molecule has 43 heavy (non-hydrogen) atoms. The lowest BCUT2D eigenvalue weighted by Crippen LogP contribution is -2.30. The van der Waals surface area contributed by atoms with Crippen LogP contribution in [-0.2, 0) is 19.1 Å². The van der Waals surface area contributed by atoms with Gasteiger partial charge < -0.3 is 23.7 Å². The van der Waals surface area contributed by atoms with E-state index in [-0.39, 0.29) is 30.7 Å². The molecule has 10 nitrogen and oxygen atoms in total. The van der Waals surface area contributed by atoms with Crippen molar-refractivity contribution in [1.82, 2.24) is 0 Å². The van der Waals surface area contributed by atoms with Crippen LogP contribution in [0.5, 0.6) is 17.2 Å². The zero-order valence-electron chi connectivity index (χ0n) is 24.0. The van der Waals surface area contributed by atoms with E-state index in [1.165, 1.54) is 35.2 Å². The lowest BCUT2D eigenvalue weighted by atomic mass is 10.2. The summed E-state index contributed by atoms with van der Waals surface area (Å²) in [5, 5.41) is 0. The third-order valence-electron chi connectivity index (χ3n) is 5.68. The topological polar surface area (TPSA) is 118 Å². The summed E-state index contributed by atoms with van der Waals surface area (Å²) in [7, 11) is 0. The zero-order valence-corrected chi connectivity index (χ0v) is 24.0. The van der Waals surface area contributed by atoms with Crippen LogP contribution in [0.2, 0.25) is 0 Å². The largest absolute Gasteiger partial charge is 0.493 e. The van der Waals surface area contributed by atoms with Gasteiger partial charge >= 0.3 is 17.9 Å². The molecule has 0 atom stereocenters. The van der Waals surface area contributed by atoms with Crippen LogP contribution < -0.4 is 19.1 Å². The fourth-order valence-corrected chi connectivity index (χ4v) is 3.57. The molecule has 3 aromatic rings. The summed E-state index contributed by atoms with van der Waals surface area (Å²) in [4.78, 5) is 49.7. The van der Waals surface area contributed by atoms with Crippen LogP contribution in [0, 0.1) is 0 Å². The van der Waals surface area contributed by atoms with Gasteiger partial charge in [-0.2, -0.15) is 0 Å². The quantitative estimate of drug-likeness (QED) is 0.124. The molecular weight excluding hydrogens is 554 g/mol.